The smallest absolute Gasteiger partial charge is 0.216 e. The van der Waals surface area contributed by atoms with Crippen LogP contribution in [0.15, 0.2) is 28.7 Å². The Morgan fingerprint density at radius 1 is 1.06 bits per heavy atom. The van der Waals surface area contributed by atoms with Crippen molar-refractivity contribution in [1.82, 2.24) is 10.2 Å². The van der Waals surface area contributed by atoms with Gasteiger partial charge in [-0.05, 0) is 31.0 Å². The third-order valence-electron chi connectivity index (χ3n) is 2.67. The van der Waals surface area contributed by atoms with Gasteiger partial charge < -0.3 is 10.2 Å². The molecule has 0 amide bonds. The SMILES string of the molecule is NCCCc1nnc(CCc2ccccc2Cl)o1. The van der Waals surface area contributed by atoms with E-state index in [1.54, 1.807) is 0 Å². The molecule has 0 saturated carbocycles. The molecule has 5 heteroatoms. The summed E-state index contributed by atoms with van der Waals surface area (Å²) in [5.74, 6) is 1.32. The van der Waals surface area contributed by atoms with Crippen LogP contribution in [0.25, 0.3) is 0 Å². The van der Waals surface area contributed by atoms with Crippen LogP contribution in [-0.2, 0) is 19.3 Å². The van der Waals surface area contributed by atoms with Crippen molar-refractivity contribution in [2.45, 2.75) is 25.7 Å². The molecule has 96 valence electrons. The van der Waals surface area contributed by atoms with E-state index in [1.807, 2.05) is 24.3 Å². The van der Waals surface area contributed by atoms with Crippen LogP contribution in [0.3, 0.4) is 0 Å². The number of aryl methyl sites for hydroxylation is 3. The first-order valence-electron chi connectivity index (χ1n) is 6.04. The van der Waals surface area contributed by atoms with Crippen LogP contribution in [0.1, 0.15) is 23.8 Å². The number of nitrogens with zero attached hydrogens (tertiary/aromatic N) is 2. The first-order chi connectivity index (χ1) is 8.79. The molecule has 2 N–H and O–H groups in total. The van der Waals surface area contributed by atoms with Crippen LogP contribution in [0.5, 0.6) is 0 Å². The molecule has 0 unspecified atom stereocenters. The zero-order valence-corrected chi connectivity index (χ0v) is 10.9. The Kier molecular flexibility index (Phi) is 4.73. The highest BCUT2D eigenvalue weighted by atomic mass is 35.5. The molecule has 18 heavy (non-hydrogen) atoms. The lowest BCUT2D eigenvalue weighted by Crippen LogP contribution is -2.00. The van der Waals surface area contributed by atoms with Crippen LogP contribution < -0.4 is 5.73 Å². The van der Waals surface area contributed by atoms with Crippen molar-refractivity contribution in [3.05, 3.63) is 46.6 Å². The Hall–Kier alpha value is -1.39. The van der Waals surface area contributed by atoms with E-state index in [0.717, 1.165) is 29.8 Å². The van der Waals surface area contributed by atoms with Crippen LogP contribution in [0.2, 0.25) is 5.02 Å². The van der Waals surface area contributed by atoms with E-state index in [2.05, 4.69) is 10.2 Å². The fourth-order valence-corrected chi connectivity index (χ4v) is 1.92. The lowest BCUT2D eigenvalue weighted by molar-refractivity contribution is 0.445. The lowest BCUT2D eigenvalue weighted by atomic mass is 10.1. The number of halogens is 1. The van der Waals surface area contributed by atoms with E-state index in [4.69, 9.17) is 21.8 Å². The van der Waals surface area contributed by atoms with Crippen molar-refractivity contribution in [2.24, 2.45) is 5.73 Å². The van der Waals surface area contributed by atoms with E-state index in [-0.39, 0.29) is 0 Å². The molecule has 0 bridgehead atoms. The Morgan fingerprint density at radius 3 is 2.50 bits per heavy atom. The van der Waals surface area contributed by atoms with Gasteiger partial charge in [-0.2, -0.15) is 0 Å². The molecule has 1 aromatic carbocycles. The summed E-state index contributed by atoms with van der Waals surface area (Å²) in [6, 6.07) is 7.79. The molecule has 0 spiro atoms. The first kappa shape index (κ1) is 13.1. The fourth-order valence-electron chi connectivity index (χ4n) is 1.69. The van der Waals surface area contributed by atoms with Crippen molar-refractivity contribution in [2.75, 3.05) is 6.54 Å². The highest BCUT2D eigenvalue weighted by Gasteiger charge is 2.07. The second kappa shape index (κ2) is 6.52. The van der Waals surface area contributed by atoms with E-state index in [9.17, 15) is 0 Å². The van der Waals surface area contributed by atoms with Crippen molar-refractivity contribution in [3.8, 4) is 0 Å². The maximum atomic E-state index is 6.08. The number of hydrogen-bond donors (Lipinski definition) is 1. The van der Waals surface area contributed by atoms with E-state index in [0.29, 0.717) is 24.7 Å². The van der Waals surface area contributed by atoms with Gasteiger partial charge in [0.15, 0.2) is 0 Å². The van der Waals surface area contributed by atoms with Crippen LogP contribution >= 0.6 is 11.6 Å². The zero-order chi connectivity index (χ0) is 12.8. The molecule has 0 saturated heterocycles. The van der Waals surface area contributed by atoms with Gasteiger partial charge >= 0.3 is 0 Å². The third-order valence-corrected chi connectivity index (χ3v) is 3.04. The average Bonchev–Trinajstić information content (AvgIpc) is 2.83. The molecule has 0 fully saturated rings. The molecule has 0 radical (unpaired) electrons. The highest BCUT2D eigenvalue weighted by Crippen LogP contribution is 2.17. The van der Waals surface area contributed by atoms with Gasteiger partial charge in [-0.15, -0.1) is 10.2 Å². The molecule has 0 atom stereocenters. The number of nitrogens with two attached hydrogens (primary N) is 1. The van der Waals surface area contributed by atoms with Crippen molar-refractivity contribution in [3.63, 3.8) is 0 Å². The topological polar surface area (TPSA) is 64.9 Å². The molecular weight excluding hydrogens is 250 g/mol. The maximum Gasteiger partial charge on any atom is 0.216 e. The number of benzene rings is 1. The standard InChI is InChI=1S/C13H16ClN3O/c14-11-5-2-1-4-10(11)7-8-13-17-16-12(18-13)6-3-9-15/h1-2,4-5H,3,6-9,15H2. The summed E-state index contributed by atoms with van der Waals surface area (Å²) in [5, 5.41) is 8.77. The predicted molar refractivity (Wildman–Crippen MR) is 70.5 cm³/mol. The molecular formula is C13H16ClN3O. The summed E-state index contributed by atoms with van der Waals surface area (Å²) in [6.45, 7) is 0.636. The van der Waals surface area contributed by atoms with Crippen LogP contribution in [-0.4, -0.2) is 16.7 Å². The second-order valence-corrected chi connectivity index (χ2v) is 4.48. The zero-order valence-electron chi connectivity index (χ0n) is 10.1. The molecule has 4 nitrogen and oxygen atoms in total. The van der Waals surface area contributed by atoms with Crippen molar-refractivity contribution < 1.29 is 4.42 Å². The van der Waals surface area contributed by atoms with E-state index < -0.39 is 0 Å². The van der Waals surface area contributed by atoms with Gasteiger partial charge in [0.1, 0.15) is 0 Å². The molecule has 0 aliphatic rings. The molecule has 1 aromatic heterocycles. The number of aromatic nitrogens is 2. The third kappa shape index (κ3) is 3.55. The minimum Gasteiger partial charge on any atom is -0.425 e. The monoisotopic (exact) mass is 265 g/mol. The summed E-state index contributed by atoms with van der Waals surface area (Å²) in [5.41, 5.74) is 6.53. The normalized spacial score (nSPS) is 10.8. The second-order valence-electron chi connectivity index (χ2n) is 4.07. The minimum absolute atomic E-state index is 0.636. The van der Waals surface area contributed by atoms with Gasteiger partial charge in [0, 0.05) is 17.9 Å². The summed E-state index contributed by atoms with van der Waals surface area (Å²) >= 11 is 6.08. The number of hydrogen-bond acceptors (Lipinski definition) is 4. The Labute approximate surface area is 111 Å². The van der Waals surface area contributed by atoms with Crippen LogP contribution in [0, 0.1) is 0 Å². The average molecular weight is 266 g/mol. The summed E-state index contributed by atoms with van der Waals surface area (Å²) < 4.78 is 5.53. The molecule has 0 aliphatic heterocycles. The summed E-state index contributed by atoms with van der Waals surface area (Å²) in [7, 11) is 0. The van der Waals surface area contributed by atoms with Gasteiger partial charge in [0.2, 0.25) is 11.8 Å². The largest absolute Gasteiger partial charge is 0.425 e. The Morgan fingerprint density at radius 2 is 1.78 bits per heavy atom. The van der Waals surface area contributed by atoms with Gasteiger partial charge in [0.25, 0.3) is 0 Å². The van der Waals surface area contributed by atoms with Gasteiger partial charge in [-0.1, -0.05) is 29.8 Å². The Balaban J connectivity index is 1.90. The lowest BCUT2D eigenvalue weighted by Gasteiger charge is -2.00. The number of rotatable bonds is 6. The fraction of sp³-hybridized carbons (Fsp3) is 0.385. The highest BCUT2D eigenvalue weighted by molar-refractivity contribution is 6.31. The molecule has 2 rings (SSSR count). The molecule has 1 heterocycles. The molecule has 2 aromatic rings. The summed E-state index contributed by atoms with van der Waals surface area (Å²) in [4.78, 5) is 0. The van der Waals surface area contributed by atoms with Gasteiger partial charge in [-0.3, -0.25) is 0 Å². The summed E-state index contributed by atoms with van der Waals surface area (Å²) in [6.07, 6.45) is 3.12. The Bertz CT molecular complexity index is 498. The van der Waals surface area contributed by atoms with Gasteiger partial charge in [0.05, 0.1) is 0 Å². The minimum atomic E-state index is 0.636. The van der Waals surface area contributed by atoms with Gasteiger partial charge in [-0.25, -0.2) is 0 Å². The molecule has 0 aliphatic carbocycles. The van der Waals surface area contributed by atoms with Crippen molar-refractivity contribution >= 4 is 11.6 Å². The van der Waals surface area contributed by atoms with Crippen molar-refractivity contribution in [1.29, 1.82) is 0 Å². The first-order valence-corrected chi connectivity index (χ1v) is 6.42. The van der Waals surface area contributed by atoms with E-state index >= 15 is 0 Å². The predicted octanol–water partition coefficient (Wildman–Crippen LogP) is 2.40. The maximum absolute atomic E-state index is 6.08. The van der Waals surface area contributed by atoms with E-state index in [1.165, 1.54) is 0 Å². The van der Waals surface area contributed by atoms with Crippen LogP contribution in [0.4, 0.5) is 0 Å². The quantitative estimate of drug-likeness (QED) is 0.871.